The molecule has 0 fully saturated rings. The first kappa shape index (κ1) is 30.5. The van der Waals surface area contributed by atoms with Crippen molar-refractivity contribution in [1.29, 1.82) is 0 Å². The van der Waals surface area contributed by atoms with Crippen LogP contribution in [0.4, 0.5) is 0 Å². The molecule has 0 radical (unpaired) electrons. The van der Waals surface area contributed by atoms with E-state index in [9.17, 15) is 0 Å². The van der Waals surface area contributed by atoms with E-state index in [-0.39, 0.29) is 23.1 Å². The fourth-order valence-corrected chi connectivity index (χ4v) is 6.64. The molecule has 49 heavy (non-hydrogen) atoms. The number of allylic oxidation sites excluding steroid dienone is 3. The van der Waals surface area contributed by atoms with Crippen LogP contribution in [0.5, 0.6) is 0 Å². The van der Waals surface area contributed by atoms with Crippen LogP contribution < -0.4 is 20.7 Å². The van der Waals surface area contributed by atoms with E-state index in [1.165, 1.54) is 0 Å². The molecule has 2 aromatic heterocycles. The Morgan fingerprint density at radius 3 is 1.76 bits per heavy atom. The largest absolute Gasteiger partial charge is 3.00 e. The second-order valence-electron chi connectivity index (χ2n) is 12.1. The predicted molar refractivity (Wildman–Crippen MR) is 198 cm³/mol. The van der Waals surface area contributed by atoms with Crippen molar-refractivity contribution in [3.63, 3.8) is 0 Å². The van der Waals surface area contributed by atoms with Crippen molar-refractivity contribution in [2.24, 2.45) is 4.99 Å². The molecule has 3 aliphatic heterocycles. The average Bonchev–Trinajstić information content (AvgIpc) is 3.92. The maximum atomic E-state index is 5.25. The van der Waals surface area contributed by atoms with Gasteiger partial charge >= 0.3 is 17.1 Å². The molecule has 232 valence electrons. The number of fused-ring (bicyclic) bond motifs is 7. The van der Waals surface area contributed by atoms with Gasteiger partial charge in [0.05, 0.1) is 11.4 Å². The van der Waals surface area contributed by atoms with Gasteiger partial charge in [0.25, 0.3) is 0 Å². The SMILES string of the molecule is C1=C(c2ccccc2)C2=NC/1=C/c1cc(-c3ccccc3)c([n-]1)/C=C1\[N-]C(C=C1c1ccccc1)/C=c1/cc(-c3ccccc3)/c([n-]1)=C/2.[Mn+3]. The average molecular weight is 669 g/mol. The molecule has 4 nitrogen and oxygen atoms in total. The Labute approximate surface area is 295 Å². The Kier molecular flexibility index (Phi) is 8.06. The normalized spacial score (nSPS) is 19.6. The van der Waals surface area contributed by atoms with E-state index in [1.54, 1.807) is 0 Å². The summed E-state index contributed by atoms with van der Waals surface area (Å²) in [5.74, 6) is 0. The number of hydrogen-bond acceptors (Lipinski definition) is 1. The summed E-state index contributed by atoms with van der Waals surface area (Å²) >= 11 is 0. The third-order valence-corrected chi connectivity index (χ3v) is 8.88. The van der Waals surface area contributed by atoms with E-state index in [4.69, 9.17) is 20.3 Å². The van der Waals surface area contributed by atoms with Crippen molar-refractivity contribution in [2.45, 2.75) is 6.04 Å². The van der Waals surface area contributed by atoms with Gasteiger partial charge in [0.1, 0.15) is 0 Å². The summed E-state index contributed by atoms with van der Waals surface area (Å²) in [5, 5.41) is 7.00. The zero-order valence-corrected chi connectivity index (χ0v) is 27.6. The van der Waals surface area contributed by atoms with Gasteiger partial charge in [-0.3, -0.25) is 0 Å². The van der Waals surface area contributed by atoms with Crippen LogP contribution in [-0.2, 0) is 17.1 Å². The molecule has 0 spiro atoms. The molecule has 0 amide bonds. The Balaban J connectivity index is 0.00000348. The molecule has 0 aliphatic carbocycles. The van der Waals surface area contributed by atoms with Gasteiger partial charge in [-0.2, -0.15) is 0 Å². The Morgan fingerprint density at radius 1 is 0.510 bits per heavy atom. The molecule has 4 aromatic carbocycles. The maximum Gasteiger partial charge on any atom is 3.00 e. The van der Waals surface area contributed by atoms with Gasteiger partial charge in [0.15, 0.2) is 0 Å². The monoisotopic (exact) mass is 668 g/mol. The van der Waals surface area contributed by atoms with Crippen LogP contribution >= 0.6 is 0 Å². The van der Waals surface area contributed by atoms with Gasteiger partial charge in [0.2, 0.25) is 0 Å². The molecular weight excluding hydrogens is 639 g/mol. The molecule has 9 rings (SSSR count). The molecule has 0 saturated carbocycles. The van der Waals surface area contributed by atoms with Crippen molar-refractivity contribution < 1.29 is 17.1 Å². The van der Waals surface area contributed by atoms with E-state index in [2.05, 4.69) is 146 Å². The quantitative estimate of drug-likeness (QED) is 0.178. The smallest absolute Gasteiger partial charge is 0.675 e. The summed E-state index contributed by atoms with van der Waals surface area (Å²) < 4.78 is 0. The molecule has 8 bridgehead atoms. The van der Waals surface area contributed by atoms with Crippen molar-refractivity contribution in [1.82, 2.24) is 9.97 Å². The molecule has 6 aromatic rings. The molecular formula is C44H29MnN4. The third kappa shape index (κ3) is 6.02. The third-order valence-electron chi connectivity index (χ3n) is 8.88. The molecule has 5 heterocycles. The molecule has 5 heteroatoms. The van der Waals surface area contributed by atoms with E-state index < -0.39 is 0 Å². The Hall–Kier alpha value is -5.87. The van der Waals surface area contributed by atoms with Crippen LogP contribution in [0, 0.1) is 0 Å². The number of aliphatic imine (C=N–C) groups is 1. The summed E-state index contributed by atoms with van der Waals surface area (Å²) in [6.07, 6.45) is 12.9. The van der Waals surface area contributed by atoms with Crippen LogP contribution in [-0.4, -0.2) is 11.8 Å². The molecule has 0 N–H and O–H groups in total. The number of rotatable bonds is 4. The van der Waals surface area contributed by atoms with E-state index in [0.29, 0.717) is 0 Å². The van der Waals surface area contributed by atoms with Crippen molar-refractivity contribution in [2.75, 3.05) is 0 Å². The van der Waals surface area contributed by atoms with Crippen molar-refractivity contribution in [3.05, 3.63) is 196 Å². The zero-order chi connectivity index (χ0) is 31.9. The molecule has 0 saturated heterocycles. The first-order chi connectivity index (χ1) is 23.7. The van der Waals surface area contributed by atoms with Crippen LogP contribution in [0.2, 0.25) is 0 Å². The van der Waals surface area contributed by atoms with Gasteiger partial charge < -0.3 is 15.3 Å². The standard InChI is InChI=1S/C44H29N4.Mn/c1-5-13-29(14-6-1)37-23-33-21-34-24-39(31-17-9-3-10-18-31)43(47-34)28-44-40(32-19-11-4-12-20-32)26-36(48-44)22-35-25-38(30-15-7-2-8-16-30)42(46-35)27-41(37)45-33;/h1-28,33H;/q-3;+3/b34-21-,36-22+,41-27-,43-28-;. The fraction of sp³-hybridized carbons (Fsp3) is 0.0227. The van der Waals surface area contributed by atoms with Gasteiger partial charge in [-0.1, -0.05) is 158 Å². The predicted octanol–water partition coefficient (Wildman–Crippen LogP) is 8.27. The summed E-state index contributed by atoms with van der Waals surface area (Å²) in [7, 11) is 0. The van der Waals surface area contributed by atoms with Crippen LogP contribution in [0.25, 0.3) is 63.0 Å². The van der Waals surface area contributed by atoms with E-state index >= 15 is 0 Å². The fourth-order valence-electron chi connectivity index (χ4n) is 6.64. The maximum absolute atomic E-state index is 5.25. The minimum Gasteiger partial charge on any atom is -0.675 e. The zero-order valence-electron chi connectivity index (χ0n) is 26.4. The van der Waals surface area contributed by atoms with Crippen molar-refractivity contribution >= 4 is 41.2 Å². The second kappa shape index (κ2) is 13.0. The van der Waals surface area contributed by atoms with E-state index in [0.717, 1.165) is 83.7 Å². The number of benzene rings is 4. The van der Waals surface area contributed by atoms with Crippen LogP contribution in [0.3, 0.4) is 0 Å². The van der Waals surface area contributed by atoms with Gasteiger partial charge in [-0.25, -0.2) is 4.99 Å². The first-order valence-corrected chi connectivity index (χ1v) is 16.2. The summed E-state index contributed by atoms with van der Waals surface area (Å²) in [6.45, 7) is 0. The Bertz CT molecular complexity index is 2440. The van der Waals surface area contributed by atoms with Crippen LogP contribution in [0.1, 0.15) is 22.5 Å². The van der Waals surface area contributed by atoms with Crippen molar-refractivity contribution in [3.8, 4) is 22.3 Å². The Morgan fingerprint density at radius 2 is 1.10 bits per heavy atom. The summed E-state index contributed by atoms with van der Waals surface area (Å²) in [5.41, 5.74) is 13.1. The minimum atomic E-state index is -0.185. The summed E-state index contributed by atoms with van der Waals surface area (Å²) in [6, 6.07) is 45.9. The molecule has 1 atom stereocenters. The minimum absolute atomic E-state index is 0. The second-order valence-corrected chi connectivity index (χ2v) is 12.1. The first-order valence-electron chi connectivity index (χ1n) is 16.2. The summed E-state index contributed by atoms with van der Waals surface area (Å²) in [4.78, 5) is 15.5. The van der Waals surface area contributed by atoms with Gasteiger partial charge in [0, 0.05) is 5.57 Å². The number of hydrogen-bond donors (Lipinski definition) is 0. The molecule has 3 aliphatic rings. The topological polar surface area (TPSA) is 54.7 Å². The number of nitrogens with zero attached hydrogens (tertiary/aromatic N) is 4. The molecule has 1 unspecified atom stereocenters. The van der Waals surface area contributed by atoms with Crippen LogP contribution in [0.15, 0.2) is 162 Å². The number of aromatic nitrogens is 2. The van der Waals surface area contributed by atoms with Gasteiger partial charge in [-0.15, -0.1) is 33.9 Å². The van der Waals surface area contributed by atoms with E-state index in [1.807, 2.05) is 24.3 Å². The van der Waals surface area contributed by atoms with Gasteiger partial charge in [-0.05, 0) is 51.1 Å².